The minimum Gasteiger partial charge on any atom is -0.458 e. The second-order valence-corrected chi connectivity index (χ2v) is 17.8. The van der Waals surface area contributed by atoms with Crippen molar-refractivity contribution in [2.45, 2.75) is 115 Å². The molecule has 3 aromatic carbocycles. The zero-order valence-electron chi connectivity index (χ0n) is 35.5. The van der Waals surface area contributed by atoms with Gasteiger partial charge in [0.15, 0.2) is 18.0 Å². The average molecular weight is 852 g/mol. The molecule has 3 saturated carbocycles. The third kappa shape index (κ3) is 7.31. The van der Waals surface area contributed by atoms with Crippen LogP contribution in [0.3, 0.4) is 0 Å². The lowest BCUT2D eigenvalue weighted by molar-refractivity contribution is -0.296. The molecule has 0 saturated heterocycles. The molecule has 0 aromatic heterocycles. The van der Waals surface area contributed by atoms with Crippen molar-refractivity contribution in [2.75, 3.05) is 0 Å². The predicted octanol–water partition coefficient (Wildman–Crippen LogP) is 4.75. The number of Topliss-reactive ketones (excluding diaryl/α,β-unsaturated/α-hetero) is 1. The van der Waals surface area contributed by atoms with Gasteiger partial charge in [-0.05, 0) is 74.1 Å². The first-order chi connectivity index (χ1) is 29.3. The maximum atomic E-state index is 15.5. The number of esters is 4. The lowest BCUT2D eigenvalue weighted by Gasteiger charge is -2.68. The molecule has 0 heterocycles. The molecule has 4 aliphatic rings. The van der Waals surface area contributed by atoms with E-state index in [-0.39, 0.29) is 35.1 Å². The summed E-state index contributed by atoms with van der Waals surface area (Å²) >= 11 is 0. The first-order valence-electron chi connectivity index (χ1n) is 20.9. The Labute approximate surface area is 359 Å². The van der Waals surface area contributed by atoms with Crippen LogP contribution in [0.2, 0.25) is 0 Å². The molecule has 4 aliphatic carbocycles. The van der Waals surface area contributed by atoms with Crippen LogP contribution in [0.25, 0.3) is 0 Å². The van der Waals surface area contributed by atoms with E-state index in [1.54, 1.807) is 99.6 Å². The summed E-state index contributed by atoms with van der Waals surface area (Å²) in [5.74, 6) is -7.00. The number of hydrogen-bond donors (Lipinski definition) is 4. The van der Waals surface area contributed by atoms with Crippen molar-refractivity contribution in [1.29, 1.82) is 0 Å². The highest BCUT2D eigenvalue weighted by Crippen LogP contribution is 2.67. The van der Waals surface area contributed by atoms with Gasteiger partial charge >= 0.3 is 23.9 Å². The van der Waals surface area contributed by atoms with E-state index in [0.717, 1.165) is 6.92 Å². The number of aliphatic hydroxyl groups excluding tert-OH is 2. The van der Waals surface area contributed by atoms with Gasteiger partial charge < -0.3 is 39.6 Å². The quantitative estimate of drug-likeness (QED) is 0.123. The van der Waals surface area contributed by atoms with E-state index in [0.29, 0.717) is 12.0 Å². The van der Waals surface area contributed by atoms with Gasteiger partial charge in [0.2, 0.25) is 0 Å². The lowest BCUT2D eigenvalue weighted by atomic mass is 9.41. The average Bonchev–Trinajstić information content (AvgIpc) is 3.24. The highest BCUT2D eigenvalue weighted by atomic mass is 16.6. The van der Waals surface area contributed by atoms with E-state index in [1.165, 1.54) is 26.0 Å². The van der Waals surface area contributed by atoms with E-state index >= 15 is 4.79 Å². The van der Waals surface area contributed by atoms with Crippen LogP contribution in [0, 0.1) is 22.7 Å². The van der Waals surface area contributed by atoms with Crippen molar-refractivity contribution >= 4 is 35.6 Å². The number of rotatable bonds is 10. The van der Waals surface area contributed by atoms with E-state index in [1.807, 2.05) is 0 Å². The number of hydrogen-bond acceptors (Lipinski definition) is 13. The Morgan fingerprint density at radius 1 is 0.806 bits per heavy atom. The molecule has 11 atom stereocenters. The fraction of sp³-hybridized carbons (Fsp3) is 0.458. The molecule has 4 N–H and O–H groups in total. The van der Waals surface area contributed by atoms with Crippen molar-refractivity contribution in [2.24, 2.45) is 22.7 Å². The number of benzene rings is 3. The largest absolute Gasteiger partial charge is 0.458 e. The molecule has 2 bridgehead atoms. The van der Waals surface area contributed by atoms with E-state index < -0.39 is 112 Å². The summed E-state index contributed by atoms with van der Waals surface area (Å²) in [5, 5.41) is 40.4. The van der Waals surface area contributed by atoms with E-state index in [2.05, 4.69) is 5.32 Å². The number of amides is 1. The third-order valence-corrected chi connectivity index (χ3v) is 14.1. The Balaban J connectivity index is 1.39. The Kier molecular flexibility index (Phi) is 11.8. The van der Waals surface area contributed by atoms with Gasteiger partial charge in [-0.1, -0.05) is 80.6 Å². The monoisotopic (exact) mass is 851 g/mol. The summed E-state index contributed by atoms with van der Waals surface area (Å²) in [6, 6.07) is 23.1. The van der Waals surface area contributed by atoms with E-state index in [4.69, 9.17) is 18.9 Å². The zero-order valence-corrected chi connectivity index (χ0v) is 35.5. The Hall–Kier alpha value is -5.70. The normalized spacial score (nSPS) is 31.9. The van der Waals surface area contributed by atoms with Crippen LogP contribution in [-0.2, 0) is 38.1 Å². The molecule has 3 aromatic rings. The van der Waals surface area contributed by atoms with Crippen LogP contribution >= 0.6 is 0 Å². The van der Waals surface area contributed by atoms with Crippen LogP contribution in [0.4, 0.5) is 0 Å². The van der Waals surface area contributed by atoms with Crippen LogP contribution in [0.15, 0.2) is 102 Å². The Morgan fingerprint density at radius 3 is 1.94 bits per heavy atom. The maximum Gasteiger partial charge on any atom is 0.338 e. The van der Waals surface area contributed by atoms with Crippen molar-refractivity contribution in [3.63, 3.8) is 0 Å². The number of ketones is 1. The van der Waals surface area contributed by atoms with Crippen LogP contribution in [0.5, 0.6) is 0 Å². The fourth-order valence-electron chi connectivity index (χ4n) is 10.7. The predicted molar refractivity (Wildman–Crippen MR) is 221 cm³/mol. The van der Waals surface area contributed by atoms with Gasteiger partial charge in [-0.15, -0.1) is 0 Å². The van der Waals surface area contributed by atoms with Gasteiger partial charge in [-0.2, -0.15) is 0 Å². The topological polar surface area (TPSA) is 212 Å². The molecular weight excluding hydrogens is 799 g/mol. The summed E-state index contributed by atoms with van der Waals surface area (Å²) < 4.78 is 24.6. The fourth-order valence-corrected chi connectivity index (χ4v) is 10.7. The molecule has 14 heteroatoms. The highest BCUT2D eigenvalue weighted by molar-refractivity contribution is 5.96. The van der Waals surface area contributed by atoms with Crippen molar-refractivity contribution in [3.8, 4) is 0 Å². The standard InChI is InChI=1S/C48H53NO13/c1-26-33(60-44(57)37(53)36(29-16-10-7-11-17-29)49-42(55)30-18-12-8-13-19-30)25-48(58)41(61-43(56)31-20-14-9-15-21-31)39-46(6,34(52)24-32-22-23-47(32,39)62-28(3)51)40(54)38(59-27(2)50)35(26)45(48,4)5/h7-21,32-34,36-39,41,52-53,58H,22-25H2,1-6H3,(H,49,55)/t32-,33+,34+,36+,37-,38-,39?,41+,46-,47+,48-/m1/s1. The molecule has 328 valence electrons. The van der Waals surface area contributed by atoms with E-state index in [9.17, 15) is 39.3 Å². The number of aliphatic hydroxyl groups is 3. The number of nitrogens with one attached hydrogen (secondary N) is 1. The summed E-state index contributed by atoms with van der Waals surface area (Å²) in [4.78, 5) is 83.6. The van der Waals surface area contributed by atoms with Gasteiger partial charge in [0.25, 0.3) is 5.91 Å². The Morgan fingerprint density at radius 2 is 1.39 bits per heavy atom. The number of ether oxygens (including phenoxy) is 4. The van der Waals surface area contributed by atoms with Crippen molar-refractivity contribution in [3.05, 3.63) is 119 Å². The van der Waals surface area contributed by atoms with Gasteiger partial charge in [0.1, 0.15) is 23.4 Å². The van der Waals surface area contributed by atoms with Crippen LogP contribution in [-0.4, -0.2) is 92.6 Å². The van der Waals surface area contributed by atoms with Crippen molar-refractivity contribution in [1.82, 2.24) is 5.32 Å². The first kappa shape index (κ1) is 44.4. The van der Waals surface area contributed by atoms with Crippen LogP contribution in [0.1, 0.15) is 99.5 Å². The molecule has 1 unspecified atom stereocenters. The molecule has 62 heavy (non-hydrogen) atoms. The smallest absolute Gasteiger partial charge is 0.338 e. The molecule has 14 nitrogen and oxygen atoms in total. The highest BCUT2D eigenvalue weighted by Gasteiger charge is 2.77. The van der Waals surface area contributed by atoms with Gasteiger partial charge in [-0.3, -0.25) is 19.2 Å². The number of carbonyl (C=O) groups excluding carboxylic acids is 6. The molecule has 3 fully saturated rings. The van der Waals surface area contributed by atoms with Gasteiger partial charge in [0, 0.05) is 37.2 Å². The SMILES string of the molecule is CC(=O)O[C@H]1C(=O)[C@@]2(C)C([C@H](OC(=O)c3ccccc3)[C@]3(O)C[C@H](OC(=O)[C@H](O)[C@@H](NC(=O)c4ccccc4)c4ccccc4)C(C)=C1C3(C)C)[C@]1(OC(C)=O)CC[C@@H]1C[C@@H]2O. The summed E-state index contributed by atoms with van der Waals surface area (Å²) in [6.45, 7) is 8.50. The van der Waals surface area contributed by atoms with Gasteiger partial charge in [0.05, 0.1) is 29.0 Å². The number of fused-ring (bicyclic) bond motifs is 5. The first-order valence-corrected chi connectivity index (χ1v) is 20.9. The number of carbonyl (C=O) groups is 6. The maximum absolute atomic E-state index is 15.5. The third-order valence-electron chi connectivity index (χ3n) is 14.1. The van der Waals surface area contributed by atoms with Crippen molar-refractivity contribution < 1.29 is 63.0 Å². The zero-order chi connectivity index (χ0) is 44.9. The molecule has 0 aliphatic heterocycles. The molecular formula is C48H53NO13. The van der Waals surface area contributed by atoms with Gasteiger partial charge in [-0.25, -0.2) is 9.59 Å². The molecule has 1 amide bonds. The molecule has 7 rings (SSSR count). The second-order valence-electron chi connectivity index (χ2n) is 17.8. The molecule has 0 spiro atoms. The Bertz CT molecular complexity index is 2280. The summed E-state index contributed by atoms with van der Waals surface area (Å²) in [6.07, 6.45) is -8.27. The van der Waals surface area contributed by atoms with Crippen LogP contribution < -0.4 is 5.32 Å². The second kappa shape index (κ2) is 16.5. The minimum absolute atomic E-state index is 0.0134. The minimum atomic E-state index is -2.34. The summed E-state index contributed by atoms with van der Waals surface area (Å²) in [5.41, 5.74) is -6.51. The lowest BCUT2D eigenvalue weighted by Crippen LogP contribution is -2.78. The molecule has 0 radical (unpaired) electrons. The summed E-state index contributed by atoms with van der Waals surface area (Å²) in [7, 11) is 0.